The van der Waals surface area contributed by atoms with Gasteiger partial charge in [0.1, 0.15) is 5.75 Å². The molecule has 9 heteroatoms. The van der Waals surface area contributed by atoms with Gasteiger partial charge < -0.3 is 19.9 Å². The monoisotopic (exact) mass is 436 g/mol. The first-order valence-corrected chi connectivity index (χ1v) is 10.3. The highest BCUT2D eigenvalue weighted by Crippen LogP contribution is 2.32. The maximum absolute atomic E-state index is 12.5. The van der Waals surface area contributed by atoms with Crippen molar-refractivity contribution in [3.05, 3.63) is 46.4 Å². The second kappa shape index (κ2) is 8.03. The Kier molecular flexibility index (Phi) is 5.48. The number of amides is 2. The third-order valence-electron chi connectivity index (χ3n) is 4.59. The zero-order valence-electron chi connectivity index (χ0n) is 15.1. The maximum Gasteiger partial charge on any atom is 0.321 e. The lowest BCUT2D eigenvalue weighted by Crippen LogP contribution is -2.50. The molecule has 1 aliphatic rings. The van der Waals surface area contributed by atoms with Crippen LogP contribution in [0.4, 0.5) is 15.6 Å². The van der Waals surface area contributed by atoms with E-state index in [1.807, 2.05) is 18.2 Å². The summed E-state index contributed by atoms with van der Waals surface area (Å²) in [6.07, 6.45) is 0. The lowest BCUT2D eigenvalue weighted by molar-refractivity contribution is 0.208. The fraction of sp³-hybridized carbons (Fsp3) is 0.263. The van der Waals surface area contributed by atoms with E-state index in [1.54, 1.807) is 41.5 Å². The van der Waals surface area contributed by atoms with Crippen molar-refractivity contribution in [3.63, 3.8) is 0 Å². The van der Waals surface area contributed by atoms with Gasteiger partial charge in [0, 0.05) is 31.9 Å². The molecule has 1 N–H and O–H groups in total. The summed E-state index contributed by atoms with van der Waals surface area (Å²) >= 11 is 13.6. The van der Waals surface area contributed by atoms with Gasteiger partial charge in [-0.3, -0.25) is 0 Å². The highest BCUT2D eigenvalue weighted by molar-refractivity contribution is 7.22. The second-order valence-corrected chi connectivity index (χ2v) is 8.19. The molecule has 0 radical (unpaired) electrons. The number of rotatable bonds is 3. The van der Waals surface area contributed by atoms with Crippen LogP contribution in [0.2, 0.25) is 10.0 Å². The normalized spacial score (nSPS) is 14.4. The van der Waals surface area contributed by atoms with Crippen molar-refractivity contribution in [2.24, 2.45) is 0 Å². The maximum atomic E-state index is 12.5. The quantitative estimate of drug-likeness (QED) is 0.629. The van der Waals surface area contributed by atoms with E-state index in [4.69, 9.17) is 32.9 Å². The third kappa shape index (κ3) is 3.97. The number of piperazine rings is 1. The number of thiazole rings is 1. The lowest BCUT2D eigenvalue weighted by Gasteiger charge is -2.34. The van der Waals surface area contributed by atoms with Gasteiger partial charge in [0.05, 0.1) is 27.4 Å². The minimum Gasteiger partial charge on any atom is -0.497 e. The highest BCUT2D eigenvalue weighted by atomic mass is 35.5. The van der Waals surface area contributed by atoms with Gasteiger partial charge in [-0.2, -0.15) is 0 Å². The van der Waals surface area contributed by atoms with Crippen molar-refractivity contribution < 1.29 is 9.53 Å². The number of hydrogen-bond donors (Lipinski definition) is 1. The number of nitrogens with zero attached hydrogens (tertiary/aromatic N) is 3. The molecule has 2 amide bonds. The molecule has 3 aromatic rings. The average molecular weight is 437 g/mol. The van der Waals surface area contributed by atoms with Crippen LogP contribution in [-0.2, 0) is 0 Å². The molecule has 2 aromatic carbocycles. The molecule has 0 spiro atoms. The number of benzene rings is 2. The van der Waals surface area contributed by atoms with Gasteiger partial charge in [-0.25, -0.2) is 9.78 Å². The van der Waals surface area contributed by atoms with Crippen molar-refractivity contribution in [2.75, 3.05) is 43.5 Å². The van der Waals surface area contributed by atoms with E-state index in [-0.39, 0.29) is 6.03 Å². The highest BCUT2D eigenvalue weighted by Gasteiger charge is 2.23. The Balaban J connectivity index is 1.38. The molecule has 6 nitrogen and oxygen atoms in total. The van der Waals surface area contributed by atoms with Crippen LogP contribution >= 0.6 is 34.5 Å². The summed E-state index contributed by atoms with van der Waals surface area (Å²) in [5, 5.41) is 4.71. The Morgan fingerprint density at radius 2 is 1.89 bits per heavy atom. The fourth-order valence-electron chi connectivity index (χ4n) is 3.03. The van der Waals surface area contributed by atoms with Crippen LogP contribution in [-0.4, -0.2) is 49.2 Å². The molecule has 0 bridgehead atoms. The van der Waals surface area contributed by atoms with Gasteiger partial charge in [-0.1, -0.05) is 34.5 Å². The summed E-state index contributed by atoms with van der Waals surface area (Å²) in [7, 11) is 1.66. The van der Waals surface area contributed by atoms with E-state index >= 15 is 0 Å². The number of anilines is 2. The number of carbonyl (C=O) groups is 1. The molecule has 4 rings (SSSR count). The minimum atomic E-state index is -0.146. The number of halogens is 2. The van der Waals surface area contributed by atoms with Gasteiger partial charge in [-0.15, -0.1) is 0 Å². The van der Waals surface area contributed by atoms with Crippen LogP contribution in [0.1, 0.15) is 0 Å². The standard InChI is InChI=1S/C19H18Cl2N4O2S/c1-27-13-3-5-16-17(11-13)28-19(23-16)25-8-6-24(7-9-25)18(26)22-12-2-4-14(20)15(21)10-12/h2-5,10-11H,6-9H2,1H3,(H,22,26). The largest absolute Gasteiger partial charge is 0.497 e. The summed E-state index contributed by atoms with van der Waals surface area (Å²) in [6.45, 7) is 2.69. The smallest absolute Gasteiger partial charge is 0.321 e. The number of aromatic nitrogens is 1. The SMILES string of the molecule is COc1ccc2nc(N3CCN(C(=O)Nc4ccc(Cl)c(Cl)c4)CC3)sc2c1. The number of ether oxygens (including phenoxy) is 1. The molecule has 1 aromatic heterocycles. The van der Waals surface area contributed by atoms with Crippen LogP contribution < -0.4 is 15.0 Å². The van der Waals surface area contributed by atoms with Gasteiger partial charge in [0.15, 0.2) is 5.13 Å². The zero-order chi connectivity index (χ0) is 19.7. The minimum absolute atomic E-state index is 0.146. The molecule has 1 fully saturated rings. The number of hydrogen-bond acceptors (Lipinski definition) is 5. The third-order valence-corrected chi connectivity index (χ3v) is 6.41. The Morgan fingerprint density at radius 3 is 2.61 bits per heavy atom. The van der Waals surface area contributed by atoms with Gasteiger partial charge >= 0.3 is 6.03 Å². The molecular weight excluding hydrogens is 419 g/mol. The van der Waals surface area contributed by atoms with Crippen LogP contribution in [0.25, 0.3) is 10.2 Å². The number of fused-ring (bicyclic) bond motifs is 1. The lowest BCUT2D eigenvalue weighted by atomic mass is 10.3. The Morgan fingerprint density at radius 1 is 1.11 bits per heavy atom. The molecule has 146 valence electrons. The first-order valence-electron chi connectivity index (χ1n) is 8.74. The number of nitrogens with one attached hydrogen (secondary N) is 1. The van der Waals surface area contributed by atoms with E-state index in [2.05, 4.69) is 10.2 Å². The van der Waals surface area contributed by atoms with Crippen molar-refractivity contribution in [2.45, 2.75) is 0 Å². The van der Waals surface area contributed by atoms with Gasteiger partial charge in [0.25, 0.3) is 0 Å². The summed E-state index contributed by atoms with van der Waals surface area (Å²) in [4.78, 5) is 21.2. The Labute approximate surface area is 176 Å². The predicted molar refractivity (Wildman–Crippen MR) is 115 cm³/mol. The molecule has 0 saturated carbocycles. The van der Waals surface area contributed by atoms with E-state index in [0.717, 1.165) is 34.2 Å². The summed E-state index contributed by atoms with van der Waals surface area (Å²) in [6, 6.07) is 10.8. The average Bonchev–Trinajstić information content (AvgIpc) is 3.14. The molecule has 1 saturated heterocycles. The molecule has 0 atom stereocenters. The molecular formula is C19H18Cl2N4O2S. The number of urea groups is 1. The van der Waals surface area contributed by atoms with Gasteiger partial charge in [0.2, 0.25) is 0 Å². The van der Waals surface area contributed by atoms with Crippen molar-refractivity contribution in [1.29, 1.82) is 0 Å². The van der Waals surface area contributed by atoms with Crippen LogP contribution in [0.5, 0.6) is 5.75 Å². The summed E-state index contributed by atoms with van der Waals surface area (Å²) in [5.74, 6) is 0.825. The van der Waals surface area contributed by atoms with Crippen molar-refractivity contribution >= 4 is 61.6 Å². The second-order valence-electron chi connectivity index (χ2n) is 6.36. The molecule has 2 heterocycles. The number of carbonyl (C=O) groups excluding carboxylic acids is 1. The van der Waals surface area contributed by atoms with Crippen LogP contribution in [0.15, 0.2) is 36.4 Å². The van der Waals surface area contributed by atoms with Crippen molar-refractivity contribution in [3.8, 4) is 5.75 Å². The van der Waals surface area contributed by atoms with Gasteiger partial charge in [-0.05, 0) is 36.4 Å². The van der Waals surface area contributed by atoms with Crippen LogP contribution in [0, 0.1) is 0 Å². The van der Waals surface area contributed by atoms with E-state index < -0.39 is 0 Å². The topological polar surface area (TPSA) is 57.7 Å². The molecule has 28 heavy (non-hydrogen) atoms. The van der Waals surface area contributed by atoms with E-state index in [1.165, 1.54) is 0 Å². The first-order chi connectivity index (χ1) is 13.5. The fourth-order valence-corrected chi connectivity index (χ4v) is 4.38. The van der Waals surface area contributed by atoms with Crippen LogP contribution in [0.3, 0.4) is 0 Å². The van der Waals surface area contributed by atoms with E-state index in [0.29, 0.717) is 28.8 Å². The predicted octanol–water partition coefficient (Wildman–Crippen LogP) is 4.97. The summed E-state index contributed by atoms with van der Waals surface area (Å²) < 4.78 is 6.37. The van der Waals surface area contributed by atoms with Crippen molar-refractivity contribution in [1.82, 2.24) is 9.88 Å². The summed E-state index contributed by atoms with van der Waals surface area (Å²) in [5.41, 5.74) is 1.59. The Bertz CT molecular complexity index is 1020. The molecule has 0 unspecified atom stereocenters. The van der Waals surface area contributed by atoms with E-state index in [9.17, 15) is 4.79 Å². The molecule has 0 aliphatic carbocycles. The zero-order valence-corrected chi connectivity index (χ0v) is 17.4. The number of methoxy groups -OCH3 is 1. The Hall–Kier alpha value is -2.22. The first kappa shape index (κ1) is 19.1. The molecule has 1 aliphatic heterocycles.